The van der Waals surface area contributed by atoms with E-state index in [9.17, 15) is 9.59 Å². The molecule has 3 heterocycles. The third-order valence-electron chi connectivity index (χ3n) is 9.07. The maximum atomic E-state index is 13.9. The topological polar surface area (TPSA) is 91.9 Å². The van der Waals surface area contributed by atoms with Crippen molar-refractivity contribution in [1.29, 1.82) is 0 Å². The van der Waals surface area contributed by atoms with Gasteiger partial charge in [0.2, 0.25) is 17.7 Å². The van der Waals surface area contributed by atoms with Gasteiger partial charge in [-0.1, -0.05) is 43.2 Å². The predicted molar refractivity (Wildman–Crippen MR) is 152 cm³/mol. The number of aromatic nitrogens is 2. The van der Waals surface area contributed by atoms with Crippen LogP contribution in [0.2, 0.25) is 0 Å². The van der Waals surface area contributed by atoms with E-state index < -0.39 is 5.54 Å². The third-order valence-corrected chi connectivity index (χ3v) is 9.07. The van der Waals surface area contributed by atoms with Crippen LogP contribution in [0.25, 0.3) is 22.6 Å². The van der Waals surface area contributed by atoms with Gasteiger partial charge in [-0.05, 0) is 73.8 Å². The van der Waals surface area contributed by atoms with Gasteiger partial charge in [0.05, 0.1) is 0 Å². The van der Waals surface area contributed by atoms with Gasteiger partial charge in [0.1, 0.15) is 11.4 Å². The number of amides is 2. The van der Waals surface area contributed by atoms with Crippen LogP contribution in [-0.2, 0) is 9.59 Å². The Labute approximate surface area is 234 Å². The molecular formula is C32H35N5O3. The van der Waals surface area contributed by atoms with E-state index in [0.717, 1.165) is 91.7 Å². The molecule has 1 atom stereocenters. The average Bonchev–Trinajstić information content (AvgIpc) is 3.26. The van der Waals surface area contributed by atoms with Crippen LogP contribution in [0, 0.1) is 25.7 Å². The molecule has 3 fully saturated rings. The minimum atomic E-state index is -0.606. The van der Waals surface area contributed by atoms with E-state index in [-0.39, 0.29) is 17.7 Å². The summed E-state index contributed by atoms with van der Waals surface area (Å²) in [5.41, 5.74) is 4.59. The first-order valence-corrected chi connectivity index (χ1v) is 14.6. The van der Waals surface area contributed by atoms with Gasteiger partial charge in [-0.2, -0.15) is 0 Å². The number of nitrogens with zero attached hydrogens (tertiary/aromatic N) is 5. The number of amidine groups is 1. The number of aliphatic imine (C=N–C) groups is 1. The Balaban J connectivity index is 1.14. The van der Waals surface area contributed by atoms with Gasteiger partial charge >= 0.3 is 0 Å². The molecule has 0 N–H and O–H groups in total. The number of rotatable bonds is 6. The zero-order valence-electron chi connectivity index (χ0n) is 23.2. The highest BCUT2D eigenvalue weighted by Crippen LogP contribution is 2.41. The SMILES string of the molecule is Cc1nnc(-c2ccc(-c3ccc(C4=NC5(CCCC5)C(=O)N4C[C@@H]4CCN(C(=O)C5CC5)C4)c(C)c3)cc2)o1. The fourth-order valence-corrected chi connectivity index (χ4v) is 6.66. The van der Waals surface area contributed by atoms with Crippen molar-refractivity contribution in [3.8, 4) is 22.6 Å². The molecule has 1 saturated heterocycles. The van der Waals surface area contributed by atoms with Crippen LogP contribution in [0.5, 0.6) is 0 Å². The van der Waals surface area contributed by atoms with Crippen LogP contribution < -0.4 is 0 Å². The van der Waals surface area contributed by atoms with Crippen molar-refractivity contribution >= 4 is 17.6 Å². The first-order valence-electron chi connectivity index (χ1n) is 14.6. The molecule has 2 aromatic carbocycles. The lowest BCUT2D eigenvalue weighted by Crippen LogP contribution is -2.44. The average molecular weight is 538 g/mol. The monoisotopic (exact) mass is 537 g/mol. The Morgan fingerprint density at radius 2 is 1.70 bits per heavy atom. The molecule has 2 amide bonds. The molecule has 7 rings (SSSR count). The van der Waals surface area contributed by atoms with E-state index in [2.05, 4.69) is 47.5 Å². The Kier molecular flexibility index (Phi) is 6.09. The number of carbonyl (C=O) groups is 2. The summed E-state index contributed by atoms with van der Waals surface area (Å²) in [6, 6.07) is 14.5. The molecule has 8 heteroatoms. The summed E-state index contributed by atoms with van der Waals surface area (Å²) in [7, 11) is 0. The zero-order chi connectivity index (χ0) is 27.4. The van der Waals surface area contributed by atoms with Gasteiger partial charge in [0.15, 0.2) is 0 Å². The van der Waals surface area contributed by atoms with E-state index in [1.807, 2.05) is 21.9 Å². The zero-order valence-corrected chi connectivity index (χ0v) is 23.2. The van der Waals surface area contributed by atoms with Crippen LogP contribution in [0.3, 0.4) is 0 Å². The molecule has 2 saturated carbocycles. The molecule has 40 heavy (non-hydrogen) atoms. The maximum absolute atomic E-state index is 13.9. The molecular weight excluding hydrogens is 502 g/mol. The van der Waals surface area contributed by atoms with E-state index in [1.165, 1.54) is 0 Å². The van der Waals surface area contributed by atoms with Gasteiger partial charge in [0.25, 0.3) is 5.91 Å². The van der Waals surface area contributed by atoms with Crippen LogP contribution in [-0.4, -0.2) is 62.8 Å². The van der Waals surface area contributed by atoms with E-state index in [0.29, 0.717) is 24.2 Å². The molecule has 206 valence electrons. The predicted octanol–water partition coefficient (Wildman–Crippen LogP) is 5.18. The highest BCUT2D eigenvalue weighted by atomic mass is 16.4. The second-order valence-corrected chi connectivity index (χ2v) is 12.0. The van der Waals surface area contributed by atoms with E-state index in [1.54, 1.807) is 6.92 Å². The van der Waals surface area contributed by atoms with Gasteiger partial charge in [0, 0.05) is 43.6 Å². The molecule has 2 aliphatic heterocycles. The summed E-state index contributed by atoms with van der Waals surface area (Å²) < 4.78 is 5.56. The second-order valence-electron chi connectivity index (χ2n) is 12.0. The summed E-state index contributed by atoms with van der Waals surface area (Å²) >= 11 is 0. The van der Waals surface area contributed by atoms with Crippen molar-refractivity contribution in [2.24, 2.45) is 16.8 Å². The Bertz CT molecular complexity index is 1500. The fourth-order valence-electron chi connectivity index (χ4n) is 6.66. The van der Waals surface area contributed by atoms with Crippen LogP contribution in [0.15, 0.2) is 51.9 Å². The fraction of sp³-hybridized carbons (Fsp3) is 0.469. The standard InChI is InChI=1S/C32H35N5O3/c1-20-17-26(23-5-7-24(8-6-23)29-35-34-21(2)40-29)11-12-27(20)28-33-32(14-3-4-15-32)31(39)37(28)19-22-13-16-36(18-22)30(38)25-9-10-25/h5-8,11-12,17,22,25H,3-4,9-10,13-16,18-19H2,1-2H3/t22-/m1/s1. The maximum Gasteiger partial charge on any atom is 0.256 e. The molecule has 2 aliphatic carbocycles. The number of hydrogen-bond donors (Lipinski definition) is 0. The van der Waals surface area contributed by atoms with Crippen LogP contribution in [0.4, 0.5) is 0 Å². The van der Waals surface area contributed by atoms with Crippen molar-refractivity contribution in [2.45, 2.75) is 64.3 Å². The van der Waals surface area contributed by atoms with Crippen molar-refractivity contribution < 1.29 is 14.0 Å². The van der Waals surface area contributed by atoms with Crippen molar-refractivity contribution in [3.63, 3.8) is 0 Å². The molecule has 3 aromatic rings. The highest BCUT2D eigenvalue weighted by Gasteiger charge is 2.51. The van der Waals surface area contributed by atoms with E-state index in [4.69, 9.17) is 9.41 Å². The Morgan fingerprint density at radius 1 is 0.975 bits per heavy atom. The normalized spacial score (nSPS) is 22.0. The number of hydrogen-bond acceptors (Lipinski definition) is 6. The molecule has 0 unspecified atom stereocenters. The van der Waals surface area contributed by atoms with Crippen LogP contribution in [0.1, 0.15) is 62.0 Å². The summed E-state index contributed by atoms with van der Waals surface area (Å²) in [4.78, 5) is 35.7. The molecule has 0 bridgehead atoms. The van der Waals surface area contributed by atoms with Gasteiger partial charge < -0.3 is 9.32 Å². The van der Waals surface area contributed by atoms with Crippen molar-refractivity contribution in [1.82, 2.24) is 20.0 Å². The lowest BCUT2D eigenvalue weighted by atomic mass is 9.97. The first-order chi connectivity index (χ1) is 19.4. The van der Waals surface area contributed by atoms with Crippen LogP contribution >= 0.6 is 0 Å². The summed E-state index contributed by atoms with van der Waals surface area (Å²) in [5.74, 6) is 2.86. The van der Waals surface area contributed by atoms with Gasteiger partial charge in [-0.15, -0.1) is 10.2 Å². The first kappa shape index (κ1) is 25.2. The molecule has 0 radical (unpaired) electrons. The largest absolute Gasteiger partial charge is 0.421 e. The number of carbonyl (C=O) groups excluding carboxylic acids is 2. The number of benzene rings is 2. The molecule has 4 aliphatic rings. The van der Waals surface area contributed by atoms with Crippen molar-refractivity contribution in [3.05, 3.63) is 59.5 Å². The molecule has 8 nitrogen and oxygen atoms in total. The molecule has 1 aromatic heterocycles. The smallest absolute Gasteiger partial charge is 0.256 e. The van der Waals surface area contributed by atoms with Gasteiger partial charge in [-0.25, -0.2) is 0 Å². The lowest BCUT2D eigenvalue weighted by Gasteiger charge is -2.26. The lowest BCUT2D eigenvalue weighted by molar-refractivity contribution is -0.131. The number of likely N-dealkylation sites (tertiary alicyclic amines) is 1. The summed E-state index contributed by atoms with van der Waals surface area (Å²) in [5, 5.41) is 8.03. The van der Waals surface area contributed by atoms with Crippen molar-refractivity contribution in [2.75, 3.05) is 19.6 Å². The minimum Gasteiger partial charge on any atom is -0.421 e. The molecule has 1 spiro atoms. The second kappa shape index (κ2) is 9.68. The summed E-state index contributed by atoms with van der Waals surface area (Å²) in [6.07, 6.45) is 6.74. The Hall–Kier alpha value is -3.81. The van der Waals surface area contributed by atoms with E-state index >= 15 is 0 Å². The van der Waals surface area contributed by atoms with Gasteiger partial charge in [-0.3, -0.25) is 19.5 Å². The third kappa shape index (κ3) is 4.43. The highest BCUT2D eigenvalue weighted by molar-refractivity contribution is 6.16. The quantitative estimate of drug-likeness (QED) is 0.432. The number of aryl methyl sites for hydroxylation is 2. The Morgan fingerprint density at radius 3 is 2.38 bits per heavy atom. The summed E-state index contributed by atoms with van der Waals surface area (Å²) in [6.45, 7) is 6.07. The minimum absolute atomic E-state index is 0.155.